The highest BCUT2D eigenvalue weighted by atomic mass is 16.2. The highest BCUT2D eigenvalue weighted by Crippen LogP contribution is 2.28. The molecule has 0 saturated carbocycles. The van der Waals surface area contributed by atoms with Crippen molar-refractivity contribution >= 4 is 11.8 Å². The van der Waals surface area contributed by atoms with E-state index in [1.165, 1.54) is 30.4 Å². The number of benzene rings is 1. The predicted octanol–water partition coefficient (Wildman–Crippen LogP) is 2.99. The summed E-state index contributed by atoms with van der Waals surface area (Å²) in [6.07, 6.45) is 9.92. The quantitative estimate of drug-likeness (QED) is 0.601. The van der Waals surface area contributed by atoms with Crippen molar-refractivity contribution in [1.82, 2.24) is 24.5 Å². The van der Waals surface area contributed by atoms with Gasteiger partial charge in [-0.05, 0) is 75.2 Å². The molecule has 7 nitrogen and oxygen atoms in total. The fraction of sp³-hybridized carbons (Fsp3) is 0.593. The molecule has 0 radical (unpaired) electrons. The van der Waals surface area contributed by atoms with Gasteiger partial charge in [0, 0.05) is 38.6 Å². The van der Waals surface area contributed by atoms with E-state index >= 15 is 0 Å². The van der Waals surface area contributed by atoms with Gasteiger partial charge in [0.05, 0.1) is 6.54 Å². The number of hydrogen-bond donors (Lipinski definition) is 0. The van der Waals surface area contributed by atoms with Gasteiger partial charge < -0.3 is 9.80 Å². The molecule has 1 atom stereocenters. The molecule has 1 aromatic carbocycles. The number of carbonyl (C=O) groups excluding carboxylic acids is 2. The third-order valence-corrected chi connectivity index (χ3v) is 7.68. The molecule has 4 rings (SSSR count). The van der Waals surface area contributed by atoms with Crippen molar-refractivity contribution < 1.29 is 9.59 Å². The van der Waals surface area contributed by atoms with E-state index in [2.05, 4.69) is 41.2 Å². The Kier molecular flexibility index (Phi) is 8.38. The summed E-state index contributed by atoms with van der Waals surface area (Å²) in [5.41, 5.74) is 2.55. The molecule has 0 spiro atoms. The number of carbonyl (C=O) groups is 2. The van der Waals surface area contributed by atoms with Crippen molar-refractivity contribution in [2.24, 2.45) is 5.92 Å². The van der Waals surface area contributed by atoms with Crippen LogP contribution in [0.1, 0.15) is 43.2 Å². The summed E-state index contributed by atoms with van der Waals surface area (Å²) in [4.78, 5) is 32.4. The largest absolute Gasteiger partial charge is 0.342 e. The van der Waals surface area contributed by atoms with Gasteiger partial charge in [-0.15, -0.1) is 0 Å². The van der Waals surface area contributed by atoms with E-state index in [1.807, 2.05) is 29.1 Å². The lowest BCUT2D eigenvalue weighted by atomic mass is 9.84. The van der Waals surface area contributed by atoms with Crippen molar-refractivity contribution in [3.63, 3.8) is 0 Å². The number of piperidine rings is 2. The average Bonchev–Trinajstić information content (AvgIpc) is 3.37. The second kappa shape index (κ2) is 11.6. The van der Waals surface area contributed by atoms with Gasteiger partial charge >= 0.3 is 0 Å². The molecule has 0 aliphatic carbocycles. The number of nitrogens with zero attached hydrogens (tertiary/aromatic N) is 5. The Morgan fingerprint density at radius 1 is 1.03 bits per heavy atom. The van der Waals surface area contributed by atoms with Crippen LogP contribution in [0.15, 0.2) is 42.7 Å². The smallest absolute Gasteiger partial charge is 0.244 e. The molecule has 3 heterocycles. The zero-order valence-corrected chi connectivity index (χ0v) is 20.7. The molecule has 2 aliphatic rings. The maximum atomic E-state index is 13.2. The monoisotopic (exact) mass is 465 g/mol. The van der Waals surface area contributed by atoms with E-state index < -0.39 is 0 Å². The third kappa shape index (κ3) is 6.26. The third-order valence-electron chi connectivity index (χ3n) is 7.68. The Labute approximate surface area is 203 Å². The Hall–Kier alpha value is -2.67. The van der Waals surface area contributed by atoms with Gasteiger partial charge in [-0.2, -0.15) is 5.10 Å². The van der Waals surface area contributed by atoms with Crippen molar-refractivity contribution in [2.45, 2.75) is 58.0 Å². The van der Waals surface area contributed by atoms with Crippen molar-refractivity contribution in [3.8, 4) is 0 Å². The first-order chi connectivity index (χ1) is 16.5. The predicted molar refractivity (Wildman–Crippen MR) is 133 cm³/mol. The normalized spacial score (nSPS) is 18.6. The van der Waals surface area contributed by atoms with Crippen LogP contribution in [-0.2, 0) is 22.6 Å². The zero-order chi connectivity index (χ0) is 23.9. The summed E-state index contributed by atoms with van der Waals surface area (Å²) >= 11 is 0. The summed E-state index contributed by atoms with van der Waals surface area (Å²) < 4.78 is 1.69. The van der Waals surface area contributed by atoms with Crippen LogP contribution in [-0.4, -0.2) is 82.1 Å². The molecule has 34 heavy (non-hydrogen) atoms. The first kappa shape index (κ1) is 24.5. The minimum Gasteiger partial charge on any atom is -0.342 e. The number of likely N-dealkylation sites (N-methyl/N-ethyl adjacent to an activating group) is 1. The van der Waals surface area contributed by atoms with Crippen LogP contribution in [0.2, 0.25) is 0 Å². The van der Waals surface area contributed by atoms with Gasteiger partial charge in [-0.3, -0.25) is 19.2 Å². The molecule has 0 N–H and O–H groups in total. The molecule has 184 valence electrons. The summed E-state index contributed by atoms with van der Waals surface area (Å²) in [6, 6.07) is 10.4. The summed E-state index contributed by atoms with van der Waals surface area (Å²) in [5.74, 6) is 0.704. The fourth-order valence-electron chi connectivity index (χ4n) is 5.46. The SMILES string of the molecule is Cc1ccccc1C[C@H](C1CCN(C(=O)CN2CCCCC2)CC1)N(C)C(=O)Cn1cccn1. The van der Waals surface area contributed by atoms with E-state index in [0.29, 0.717) is 12.5 Å². The van der Waals surface area contributed by atoms with Crippen LogP contribution in [0.5, 0.6) is 0 Å². The molecule has 7 heteroatoms. The van der Waals surface area contributed by atoms with Crippen molar-refractivity contribution in [2.75, 3.05) is 39.8 Å². The van der Waals surface area contributed by atoms with Crippen molar-refractivity contribution in [3.05, 3.63) is 53.9 Å². The summed E-state index contributed by atoms with van der Waals surface area (Å²) in [5, 5.41) is 4.21. The summed E-state index contributed by atoms with van der Waals surface area (Å²) in [7, 11) is 1.93. The summed E-state index contributed by atoms with van der Waals surface area (Å²) in [6.45, 7) is 6.60. The molecular formula is C27H39N5O2. The number of rotatable bonds is 8. The zero-order valence-electron chi connectivity index (χ0n) is 20.7. The highest BCUT2D eigenvalue weighted by Gasteiger charge is 2.33. The van der Waals surface area contributed by atoms with Crippen LogP contribution in [0, 0.1) is 12.8 Å². The first-order valence-corrected chi connectivity index (χ1v) is 12.8. The van der Waals surface area contributed by atoms with Gasteiger partial charge in [0.15, 0.2) is 0 Å². The molecule has 1 aromatic heterocycles. The Morgan fingerprint density at radius 2 is 1.76 bits per heavy atom. The van der Waals surface area contributed by atoms with Crippen LogP contribution in [0.3, 0.4) is 0 Å². The topological polar surface area (TPSA) is 61.7 Å². The van der Waals surface area contributed by atoms with Crippen LogP contribution < -0.4 is 0 Å². The molecule has 2 aromatic rings. The second-order valence-corrected chi connectivity index (χ2v) is 9.96. The van der Waals surface area contributed by atoms with E-state index in [9.17, 15) is 9.59 Å². The number of likely N-dealkylation sites (tertiary alicyclic amines) is 2. The highest BCUT2D eigenvalue weighted by molar-refractivity contribution is 5.78. The van der Waals surface area contributed by atoms with Gasteiger partial charge in [-0.25, -0.2) is 0 Å². The van der Waals surface area contributed by atoms with Crippen LogP contribution >= 0.6 is 0 Å². The molecule has 0 bridgehead atoms. The second-order valence-electron chi connectivity index (χ2n) is 9.96. The van der Waals surface area contributed by atoms with Gasteiger partial charge in [0.2, 0.25) is 11.8 Å². The van der Waals surface area contributed by atoms with Gasteiger partial charge in [-0.1, -0.05) is 30.7 Å². The average molecular weight is 466 g/mol. The maximum Gasteiger partial charge on any atom is 0.244 e. The molecule has 2 aliphatic heterocycles. The lowest BCUT2D eigenvalue weighted by Gasteiger charge is -2.41. The number of aromatic nitrogens is 2. The minimum absolute atomic E-state index is 0.0749. The number of aryl methyl sites for hydroxylation is 1. The fourth-order valence-corrected chi connectivity index (χ4v) is 5.46. The minimum atomic E-state index is 0.0749. The number of hydrogen-bond acceptors (Lipinski definition) is 4. The standard InChI is InChI=1S/C27H39N5O2/c1-22-9-4-5-10-24(22)19-25(29(2)26(33)21-32-16-8-13-28-32)23-11-17-31(18-12-23)27(34)20-30-14-6-3-7-15-30/h4-5,8-10,13,16,23,25H,3,6-7,11-12,14-15,17-21H2,1-2H3/t25-/m1/s1. The lowest BCUT2D eigenvalue weighted by Crippen LogP contribution is -2.50. The van der Waals surface area contributed by atoms with E-state index in [4.69, 9.17) is 0 Å². The maximum absolute atomic E-state index is 13.2. The Bertz CT molecular complexity index is 930. The van der Waals surface area contributed by atoms with E-state index in [0.717, 1.165) is 45.4 Å². The molecular weight excluding hydrogens is 426 g/mol. The van der Waals surface area contributed by atoms with Crippen LogP contribution in [0.25, 0.3) is 0 Å². The molecule has 2 fully saturated rings. The van der Waals surface area contributed by atoms with Gasteiger partial charge in [0.1, 0.15) is 6.54 Å². The Morgan fingerprint density at radius 3 is 2.44 bits per heavy atom. The van der Waals surface area contributed by atoms with Gasteiger partial charge in [0.25, 0.3) is 0 Å². The lowest BCUT2D eigenvalue weighted by molar-refractivity contribution is -0.137. The van der Waals surface area contributed by atoms with E-state index in [1.54, 1.807) is 10.9 Å². The molecule has 0 unspecified atom stereocenters. The van der Waals surface area contributed by atoms with E-state index in [-0.39, 0.29) is 24.4 Å². The molecule has 2 saturated heterocycles. The first-order valence-electron chi connectivity index (χ1n) is 12.8. The molecule has 2 amide bonds. The number of amides is 2. The van der Waals surface area contributed by atoms with Crippen molar-refractivity contribution in [1.29, 1.82) is 0 Å². The van der Waals surface area contributed by atoms with Crippen LogP contribution in [0.4, 0.5) is 0 Å². The Balaban J connectivity index is 1.40.